The van der Waals surface area contributed by atoms with Crippen molar-refractivity contribution in [1.82, 2.24) is 15.3 Å². The van der Waals surface area contributed by atoms with Gasteiger partial charge in [0.05, 0.1) is 18.3 Å². The van der Waals surface area contributed by atoms with Crippen LogP contribution in [0.1, 0.15) is 26.0 Å². The molecule has 0 saturated carbocycles. The number of nitrogens with one attached hydrogen (secondary N) is 1. The van der Waals surface area contributed by atoms with Gasteiger partial charge in [0.2, 0.25) is 5.91 Å². The van der Waals surface area contributed by atoms with Gasteiger partial charge in [-0.05, 0) is 12.0 Å². The lowest BCUT2D eigenvalue weighted by atomic mass is 9.99. The smallest absolute Gasteiger partial charge is 0.237 e. The van der Waals surface area contributed by atoms with Gasteiger partial charge < -0.3 is 11.1 Å². The molecule has 0 aromatic carbocycles. The maximum absolute atomic E-state index is 11.6. The first-order valence-electron chi connectivity index (χ1n) is 5.43. The number of aromatic nitrogens is 2. The summed E-state index contributed by atoms with van der Waals surface area (Å²) in [7, 11) is 0. The monoisotopic (exact) mass is 222 g/mol. The van der Waals surface area contributed by atoms with Crippen molar-refractivity contribution in [2.75, 3.05) is 0 Å². The minimum absolute atomic E-state index is 0.132. The van der Waals surface area contributed by atoms with E-state index in [1.165, 1.54) is 6.33 Å². The van der Waals surface area contributed by atoms with Gasteiger partial charge in [-0.15, -0.1) is 0 Å². The summed E-state index contributed by atoms with van der Waals surface area (Å²) in [5.41, 5.74) is 6.57. The lowest BCUT2D eigenvalue weighted by Gasteiger charge is -2.17. The highest BCUT2D eigenvalue weighted by molar-refractivity contribution is 5.81. The van der Waals surface area contributed by atoms with Crippen molar-refractivity contribution >= 4 is 5.91 Å². The van der Waals surface area contributed by atoms with E-state index >= 15 is 0 Å². The molecule has 0 spiro atoms. The fraction of sp³-hybridized carbons (Fsp3) is 0.545. The molecule has 0 unspecified atom stereocenters. The van der Waals surface area contributed by atoms with Crippen LogP contribution < -0.4 is 11.1 Å². The van der Waals surface area contributed by atoms with Crippen LogP contribution in [0.25, 0.3) is 0 Å². The van der Waals surface area contributed by atoms with Crippen LogP contribution in [0.3, 0.4) is 0 Å². The van der Waals surface area contributed by atoms with E-state index in [1.807, 2.05) is 13.8 Å². The molecule has 16 heavy (non-hydrogen) atoms. The minimum Gasteiger partial charge on any atom is -0.349 e. The van der Waals surface area contributed by atoms with Gasteiger partial charge in [-0.2, -0.15) is 0 Å². The van der Waals surface area contributed by atoms with Gasteiger partial charge in [0.25, 0.3) is 0 Å². The number of carbonyl (C=O) groups excluding carboxylic acids is 1. The first-order chi connectivity index (χ1) is 7.65. The summed E-state index contributed by atoms with van der Waals surface area (Å²) in [6.07, 6.45) is 3.99. The molecule has 0 saturated heterocycles. The second-order valence-corrected chi connectivity index (χ2v) is 3.83. The van der Waals surface area contributed by atoms with Crippen LogP contribution in [0.4, 0.5) is 0 Å². The summed E-state index contributed by atoms with van der Waals surface area (Å²) >= 11 is 0. The highest BCUT2D eigenvalue weighted by Gasteiger charge is 2.18. The third kappa shape index (κ3) is 3.58. The lowest BCUT2D eigenvalue weighted by molar-refractivity contribution is -0.123. The van der Waals surface area contributed by atoms with Crippen molar-refractivity contribution < 1.29 is 4.79 Å². The highest BCUT2D eigenvalue weighted by atomic mass is 16.2. The van der Waals surface area contributed by atoms with Crippen molar-refractivity contribution in [3.63, 3.8) is 0 Å². The molecule has 0 bridgehead atoms. The number of rotatable bonds is 5. The quantitative estimate of drug-likeness (QED) is 0.758. The number of hydrogen-bond donors (Lipinski definition) is 2. The highest BCUT2D eigenvalue weighted by Crippen LogP contribution is 2.05. The normalized spacial score (nSPS) is 14.2. The van der Waals surface area contributed by atoms with E-state index in [9.17, 15) is 4.79 Å². The van der Waals surface area contributed by atoms with E-state index in [0.717, 1.165) is 12.1 Å². The average molecular weight is 222 g/mol. The van der Waals surface area contributed by atoms with Crippen molar-refractivity contribution in [3.8, 4) is 0 Å². The molecule has 1 aromatic rings. The molecule has 1 heterocycles. The fourth-order valence-electron chi connectivity index (χ4n) is 1.23. The van der Waals surface area contributed by atoms with Crippen LogP contribution >= 0.6 is 0 Å². The summed E-state index contributed by atoms with van der Waals surface area (Å²) in [4.78, 5) is 19.4. The zero-order valence-electron chi connectivity index (χ0n) is 9.68. The molecule has 5 nitrogen and oxygen atoms in total. The summed E-state index contributed by atoms with van der Waals surface area (Å²) < 4.78 is 0. The third-order valence-electron chi connectivity index (χ3n) is 2.65. The van der Waals surface area contributed by atoms with Gasteiger partial charge in [0.1, 0.15) is 6.33 Å². The van der Waals surface area contributed by atoms with Crippen LogP contribution in [0.2, 0.25) is 0 Å². The first-order valence-corrected chi connectivity index (χ1v) is 5.43. The molecule has 88 valence electrons. The van der Waals surface area contributed by atoms with Crippen molar-refractivity contribution in [2.45, 2.75) is 32.9 Å². The molecule has 0 aliphatic carbocycles. The fourth-order valence-corrected chi connectivity index (χ4v) is 1.23. The molecule has 1 rings (SSSR count). The van der Waals surface area contributed by atoms with Crippen LogP contribution in [-0.2, 0) is 11.3 Å². The van der Waals surface area contributed by atoms with E-state index in [1.54, 1.807) is 12.3 Å². The number of nitrogens with two attached hydrogens (primary N) is 1. The Bertz CT molecular complexity index is 328. The Morgan fingerprint density at radius 2 is 2.38 bits per heavy atom. The summed E-state index contributed by atoms with van der Waals surface area (Å²) in [6, 6.07) is 1.31. The van der Waals surface area contributed by atoms with Gasteiger partial charge in [0.15, 0.2) is 0 Å². The van der Waals surface area contributed by atoms with Crippen LogP contribution in [0.5, 0.6) is 0 Å². The second kappa shape index (κ2) is 6.17. The molecular weight excluding hydrogens is 204 g/mol. The summed E-state index contributed by atoms with van der Waals surface area (Å²) in [5.74, 6) is 0.0540. The van der Waals surface area contributed by atoms with Gasteiger partial charge in [-0.3, -0.25) is 4.79 Å². The largest absolute Gasteiger partial charge is 0.349 e. The molecule has 1 amide bonds. The molecule has 0 aliphatic rings. The maximum atomic E-state index is 11.6. The molecule has 5 heteroatoms. The molecule has 3 N–H and O–H groups in total. The molecule has 0 aliphatic heterocycles. The Labute approximate surface area is 95.5 Å². The van der Waals surface area contributed by atoms with Crippen molar-refractivity contribution in [2.24, 2.45) is 11.7 Å². The van der Waals surface area contributed by atoms with Crippen molar-refractivity contribution in [3.05, 3.63) is 24.3 Å². The SMILES string of the molecule is CC[C@H](C)[C@H](N)C(=O)NCc1ccncn1. The van der Waals surface area contributed by atoms with E-state index < -0.39 is 6.04 Å². The number of carbonyl (C=O) groups is 1. The Morgan fingerprint density at radius 3 is 2.94 bits per heavy atom. The van der Waals surface area contributed by atoms with E-state index in [2.05, 4.69) is 15.3 Å². The standard InChI is InChI=1S/C11H18N4O/c1-3-8(2)10(12)11(16)14-6-9-4-5-13-7-15-9/h4-5,7-8,10H,3,6,12H2,1-2H3,(H,14,16)/t8-,10-/m0/s1. The Hall–Kier alpha value is -1.49. The number of amides is 1. The topological polar surface area (TPSA) is 80.9 Å². The summed E-state index contributed by atoms with van der Waals surface area (Å²) in [5, 5.41) is 2.76. The third-order valence-corrected chi connectivity index (χ3v) is 2.65. The Balaban J connectivity index is 2.41. The minimum atomic E-state index is -0.452. The molecule has 0 fully saturated rings. The zero-order valence-corrected chi connectivity index (χ0v) is 9.68. The van der Waals surface area contributed by atoms with E-state index in [4.69, 9.17) is 5.73 Å². The Morgan fingerprint density at radius 1 is 1.62 bits per heavy atom. The van der Waals surface area contributed by atoms with Crippen LogP contribution in [-0.4, -0.2) is 21.9 Å². The van der Waals surface area contributed by atoms with Crippen LogP contribution in [0.15, 0.2) is 18.6 Å². The van der Waals surface area contributed by atoms with Crippen LogP contribution in [0, 0.1) is 5.92 Å². The van der Waals surface area contributed by atoms with Gasteiger partial charge >= 0.3 is 0 Å². The predicted molar refractivity (Wildman–Crippen MR) is 61.3 cm³/mol. The van der Waals surface area contributed by atoms with E-state index in [0.29, 0.717) is 6.54 Å². The number of hydrogen-bond acceptors (Lipinski definition) is 4. The second-order valence-electron chi connectivity index (χ2n) is 3.83. The Kier molecular flexibility index (Phi) is 4.85. The lowest BCUT2D eigenvalue weighted by Crippen LogP contribution is -2.44. The molecule has 1 aromatic heterocycles. The maximum Gasteiger partial charge on any atom is 0.237 e. The first kappa shape index (κ1) is 12.6. The van der Waals surface area contributed by atoms with Gasteiger partial charge in [-0.25, -0.2) is 9.97 Å². The van der Waals surface area contributed by atoms with Gasteiger partial charge in [-0.1, -0.05) is 20.3 Å². The van der Waals surface area contributed by atoms with E-state index in [-0.39, 0.29) is 11.8 Å². The van der Waals surface area contributed by atoms with Crippen molar-refractivity contribution in [1.29, 1.82) is 0 Å². The molecule has 2 atom stereocenters. The molecule has 0 radical (unpaired) electrons. The van der Waals surface area contributed by atoms with Gasteiger partial charge in [0, 0.05) is 6.20 Å². The zero-order chi connectivity index (χ0) is 12.0. The average Bonchev–Trinajstić information content (AvgIpc) is 2.35. The summed E-state index contributed by atoms with van der Waals surface area (Å²) in [6.45, 7) is 4.38. The predicted octanol–water partition coefficient (Wildman–Crippen LogP) is 0.466. The number of nitrogens with zero attached hydrogens (tertiary/aromatic N) is 2. The molecular formula is C11H18N4O.